The third kappa shape index (κ3) is 7.23. The van der Waals surface area contributed by atoms with Crippen LogP contribution in [0.3, 0.4) is 0 Å². The molecule has 1 atom stereocenters. The zero-order valence-corrected chi connectivity index (χ0v) is 19.4. The third-order valence-electron chi connectivity index (χ3n) is 5.54. The van der Waals surface area contributed by atoms with E-state index in [4.69, 9.17) is 26.8 Å². The molecule has 3 N–H and O–H groups in total. The lowest BCUT2D eigenvalue weighted by Crippen LogP contribution is -2.42. The van der Waals surface area contributed by atoms with Crippen molar-refractivity contribution in [3.05, 3.63) is 58.9 Å². The van der Waals surface area contributed by atoms with Crippen LogP contribution < -0.4 is 15.8 Å². The van der Waals surface area contributed by atoms with Crippen LogP contribution in [0.25, 0.3) is 0 Å². The van der Waals surface area contributed by atoms with E-state index in [2.05, 4.69) is 5.32 Å². The van der Waals surface area contributed by atoms with E-state index in [1.54, 1.807) is 0 Å². The van der Waals surface area contributed by atoms with Gasteiger partial charge in [0.1, 0.15) is 17.7 Å². The maximum Gasteiger partial charge on any atom is 0.490 e. The fraction of sp³-hybridized carbons (Fsp3) is 0.348. The maximum absolute atomic E-state index is 13.3. The van der Waals surface area contributed by atoms with Crippen molar-refractivity contribution >= 4 is 35.2 Å². The van der Waals surface area contributed by atoms with Crippen LogP contribution in [-0.4, -0.2) is 48.7 Å². The Morgan fingerprint density at radius 1 is 1.11 bits per heavy atom. The van der Waals surface area contributed by atoms with Crippen molar-refractivity contribution in [2.24, 2.45) is 11.7 Å². The first-order chi connectivity index (χ1) is 16.9. The van der Waals surface area contributed by atoms with Crippen LogP contribution in [0.1, 0.15) is 24.5 Å². The van der Waals surface area contributed by atoms with Gasteiger partial charge in [0.25, 0.3) is 5.91 Å². The van der Waals surface area contributed by atoms with Gasteiger partial charge in [0.05, 0.1) is 5.69 Å². The standard InChI is InChI=1S/C23H22ClF4N3O5/c24-15-3-6-18(17(11-15)30-22(29)34)35-12-19(32)31-9-7-14(8-10-31)20(36-21(33)23(26,27)28)13-1-4-16(25)5-2-13/h1-6,11,14,20H,7-10,12H2,(H3,29,30,34). The highest BCUT2D eigenvalue weighted by molar-refractivity contribution is 6.31. The number of urea groups is 1. The highest BCUT2D eigenvalue weighted by atomic mass is 35.5. The summed E-state index contributed by atoms with van der Waals surface area (Å²) in [5.41, 5.74) is 5.52. The number of rotatable bonds is 7. The van der Waals surface area contributed by atoms with E-state index < -0.39 is 41.9 Å². The van der Waals surface area contributed by atoms with Gasteiger partial charge < -0.3 is 25.4 Å². The van der Waals surface area contributed by atoms with Crippen molar-refractivity contribution in [3.8, 4) is 5.75 Å². The number of nitrogens with zero attached hydrogens (tertiary/aromatic N) is 1. The molecule has 8 nitrogen and oxygen atoms in total. The molecule has 0 aromatic heterocycles. The number of halogens is 5. The second-order valence-electron chi connectivity index (χ2n) is 8.01. The minimum atomic E-state index is -5.18. The average molecular weight is 532 g/mol. The number of piperidine rings is 1. The van der Waals surface area contributed by atoms with Crippen molar-refractivity contribution < 1.29 is 41.4 Å². The van der Waals surface area contributed by atoms with Crippen LogP contribution in [-0.2, 0) is 14.3 Å². The van der Waals surface area contributed by atoms with Crippen LogP contribution in [0.5, 0.6) is 5.75 Å². The van der Waals surface area contributed by atoms with Crippen molar-refractivity contribution in [3.63, 3.8) is 0 Å². The van der Waals surface area contributed by atoms with Gasteiger partial charge in [-0.05, 0) is 48.7 Å². The van der Waals surface area contributed by atoms with Gasteiger partial charge in [-0.1, -0.05) is 23.7 Å². The molecule has 3 amide bonds. The molecule has 1 unspecified atom stereocenters. The minimum absolute atomic E-state index is 0.164. The van der Waals surface area contributed by atoms with Crippen molar-refractivity contribution in [1.29, 1.82) is 0 Å². The number of ether oxygens (including phenoxy) is 2. The van der Waals surface area contributed by atoms with Crippen LogP contribution in [0.2, 0.25) is 5.02 Å². The Labute approximate surface area is 208 Å². The summed E-state index contributed by atoms with van der Waals surface area (Å²) < 4.78 is 62.1. The molecule has 36 heavy (non-hydrogen) atoms. The lowest BCUT2D eigenvalue weighted by Gasteiger charge is -2.36. The Hall–Kier alpha value is -3.54. The molecule has 13 heteroatoms. The SMILES string of the molecule is NC(=O)Nc1cc(Cl)ccc1OCC(=O)N1CCC(C(OC(=O)C(F)(F)F)c2ccc(F)cc2)CC1. The third-order valence-corrected chi connectivity index (χ3v) is 5.77. The molecular weight excluding hydrogens is 510 g/mol. The molecule has 1 aliphatic rings. The molecule has 0 spiro atoms. The largest absolute Gasteiger partial charge is 0.490 e. The molecule has 0 radical (unpaired) electrons. The Balaban J connectivity index is 1.63. The van der Waals surface area contributed by atoms with Gasteiger partial charge >= 0.3 is 18.2 Å². The van der Waals surface area contributed by atoms with E-state index in [1.165, 1.54) is 35.2 Å². The number of esters is 1. The Kier molecular flexibility index (Phi) is 8.62. The van der Waals surface area contributed by atoms with Crippen molar-refractivity contribution in [2.75, 3.05) is 25.0 Å². The number of benzene rings is 2. The van der Waals surface area contributed by atoms with E-state index in [0.29, 0.717) is 5.02 Å². The summed E-state index contributed by atoms with van der Waals surface area (Å²) in [6, 6.07) is 8.16. The zero-order chi connectivity index (χ0) is 26.5. The number of hydrogen-bond donors (Lipinski definition) is 2. The molecule has 194 valence electrons. The molecular formula is C23H22ClF4N3O5. The van der Waals surface area contributed by atoms with Crippen LogP contribution in [0.4, 0.5) is 28.0 Å². The normalized spacial score (nSPS) is 15.2. The highest BCUT2D eigenvalue weighted by Gasteiger charge is 2.44. The summed E-state index contributed by atoms with van der Waals surface area (Å²) in [5, 5.41) is 2.65. The second-order valence-corrected chi connectivity index (χ2v) is 8.45. The van der Waals surface area contributed by atoms with E-state index in [-0.39, 0.29) is 49.5 Å². The number of carbonyl (C=O) groups is 3. The maximum atomic E-state index is 13.3. The van der Waals surface area contributed by atoms with Gasteiger partial charge in [-0.2, -0.15) is 13.2 Å². The van der Waals surface area contributed by atoms with Crippen LogP contribution in [0.15, 0.2) is 42.5 Å². The molecule has 0 saturated carbocycles. The van der Waals surface area contributed by atoms with Gasteiger partial charge in [-0.15, -0.1) is 0 Å². The average Bonchev–Trinajstić information content (AvgIpc) is 2.81. The Morgan fingerprint density at radius 2 is 1.75 bits per heavy atom. The number of primary amides is 1. The van der Waals surface area contributed by atoms with Crippen molar-refractivity contribution in [2.45, 2.75) is 25.1 Å². The first-order valence-corrected chi connectivity index (χ1v) is 11.1. The van der Waals surface area contributed by atoms with E-state index in [9.17, 15) is 31.9 Å². The molecule has 1 aliphatic heterocycles. The number of alkyl halides is 3. The van der Waals surface area contributed by atoms with E-state index >= 15 is 0 Å². The quantitative estimate of drug-likeness (QED) is 0.405. The predicted molar refractivity (Wildman–Crippen MR) is 121 cm³/mol. The Morgan fingerprint density at radius 3 is 2.33 bits per heavy atom. The highest BCUT2D eigenvalue weighted by Crippen LogP contribution is 2.36. The van der Waals surface area contributed by atoms with Crippen molar-refractivity contribution in [1.82, 2.24) is 4.90 Å². The van der Waals surface area contributed by atoms with E-state index in [1.807, 2.05) is 0 Å². The second kappa shape index (κ2) is 11.5. The topological polar surface area (TPSA) is 111 Å². The molecule has 0 aliphatic carbocycles. The van der Waals surface area contributed by atoms with Gasteiger partial charge in [-0.3, -0.25) is 4.79 Å². The summed E-state index contributed by atoms with van der Waals surface area (Å²) >= 11 is 5.90. The molecule has 2 aromatic rings. The number of amides is 3. The summed E-state index contributed by atoms with van der Waals surface area (Å²) in [5.74, 6) is -3.70. The van der Waals surface area contributed by atoms with Gasteiger partial charge in [0, 0.05) is 24.0 Å². The zero-order valence-electron chi connectivity index (χ0n) is 18.7. The molecule has 1 heterocycles. The summed E-state index contributed by atoms with van der Waals surface area (Å²) in [6.07, 6.45) is -5.98. The number of anilines is 1. The molecule has 0 bridgehead atoms. The molecule has 1 fully saturated rings. The fourth-order valence-corrected chi connectivity index (χ4v) is 3.98. The van der Waals surface area contributed by atoms with E-state index in [0.717, 1.165) is 12.1 Å². The first-order valence-electron chi connectivity index (χ1n) is 10.7. The minimum Gasteiger partial charge on any atom is -0.482 e. The van der Waals surface area contributed by atoms with Gasteiger partial charge in [0.15, 0.2) is 6.61 Å². The monoisotopic (exact) mass is 531 g/mol. The summed E-state index contributed by atoms with van der Waals surface area (Å²) in [6.45, 7) is -0.0491. The summed E-state index contributed by atoms with van der Waals surface area (Å²) in [7, 11) is 0. The van der Waals surface area contributed by atoms with Gasteiger partial charge in [0.2, 0.25) is 0 Å². The number of hydrogen-bond acceptors (Lipinski definition) is 5. The first kappa shape index (κ1) is 27.1. The lowest BCUT2D eigenvalue weighted by molar-refractivity contribution is -0.208. The number of likely N-dealkylation sites (tertiary alicyclic amines) is 1. The smallest absolute Gasteiger partial charge is 0.482 e. The lowest BCUT2D eigenvalue weighted by atomic mass is 9.87. The molecule has 3 rings (SSSR count). The molecule has 2 aromatic carbocycles. The molecule has 1 saturated heterocycles. The Bertz CT molecular complexity index is 1110. The summed E-state index contributed by atoms with van der Waals surface area (Å²) in [4.78, 5) is 36.8. The van der Waals surface area contributed by atoms with Crippen LogP contribution >= 0.6 is 11.6 Å². The number of nitrogens with two attached hydrogens (primary N) is 1. The number of nitrogens with one attached hydrogen (secondary N) is 1. The number of carbonyl (C=O) groups excluding carboxylic acids is 3. The fourth-order valence-electron chi connectivity index (χ4n) is 3.81. The predicted octanol–water partition coefficient (Wildman–Crippen LogP) is 4.43. The van der Waals surface area contributed by atoms with Crippen LogP contribution in [0, 0.1) is 11.7 Å². The van der Waals surface area contributed by atoms with Gasteiger partial charge in [-0.25, -0.2) is 14.0 Å².